The summed E-state index contributed by atoms with van der Waals surface area (Å²) in [6.45, 7) is 3.49. The molecule has 144 valence electrons. The predicted octanol–water partition coefficient (Wildman–Crippen LogP) is 2.45. The van der Waals surface area contributed by atoms with Gasteiger partial charge in [0.05, 0.1) is 11.4 Å². The Labute approximate surface area is 161 Å². The Hall–Kier alpha value is -3.48. The van der Waals surface area contributed by atoms with Crippen molar-refractivity contribution in [3.05, 3.63) is 76.2 Å². The molecule has 7 heteroatoms. The van der Waals surface area contributed by atoms with Crippen LogP contribution < -0.4 is 10.9 Å². The molecule has 1 aromatic heterocycles. The van der Waals surface area contributed by atoms with Crippen LogP contribution in [0, 0.1) is 0 Å². The van der Waals surface area contributed by atoms with Gasteiger partial charge in [-0.05, 0) is 25.5 Å². The van der Waals surface area contributed by atoms with Crippen LogP contribution >= 0.6 is 0 Å². The smallest absolute Gasteiger partial charge is 0.359 e. The summed E-state index contributed by atoms with van der Waals surface area (Å²) >= 11 is 0. The monoisotopic (exact) mass is 379 g/mol. The molecule has 3 aromatic rings. The molecule has 1 heterocycles. The second-order valence-corrected chi connectivity index (χ2v) is 6.29. The van der Waals surface area contributed by atoms with Gasteiger partial charge in [0.15, 0.2) is 12.3 Å². The van der Waals surface area contributed by atoms with E-state index >= 15 is 0 Å². The molecule has 0 unspecified atom stereocenters. The number of benzene rings is 2. The Morgan fingerprint density at radius 3 is 2.39 bits per heavy atom. The summed E-state index contributed by atoms with van der Waals surface area (Å²) in [4.78, 5) is 37.0. The number of carbonyl (C=O) groups excluding carboxylic acids is 2. The minimum absolute atomic E-state index is 0.0148. The fraction of sp³-hybridized carbons (Fsp3) is 0.238. The number of aryl methyl sites for hydroxylation is 1. The van der Waals surface area contributed by atoms with Crippen LogP contribution in [0.4, 0.5) is 0 Å². The van der Waals surface area contributed by atoms with Gasteiger partial charge in [0, 0.05) is 11.9 Å². The first-order valence-electron chi connectivity index (χ1n) is 9.02. The molecule has 28 heavy (non-hydrogen) atoms. The maximum atomic E-state index is 12.5. The van der Waals surface area contributed by atoms with Crippen LogP contribution in [0.2, 0.25) is 0 Å². The number of esters is 1. The lowest BCUT2D eigenvalue weighted by molar-refractivity contribution is -0.124. The Morgan fingerprint density at radius 2 is 1.71 bits per heavy atom. The van der Waals surface area contributed by atoms with Crippen LogP contribution in [0.3, 0.4) is 0 Å². The fourth-order valence-electron chi connectivity index (χ4n) is 2.91. The molecule has 0 aliphatic rings. The molecule has 0 radical (unpaired) electrons. The Morgan fingerprint density at radius 1 is 1.07 bits per heavy atom. The zero-order valence-electron chi connectivity index (χ0n) is 15.7. The SMILES string of the molecule is CCn1nc(C(=O)OCC(=O)N[C@H](C)c2ccccc2)c2ccccc2c1=O. The lowest BCUT2D eigenvalue weighted by atomic mass is 10.1. The largest absolute Gasteiger partial charge is 0.451 e. The lowest BCUT2D eigenvalue weighted by Crippen LogP contribution is -2.32. The van der Waals surface area contributed by atoms with E-state index in [9.17, 15) is 14.4 Å². The van der Waals surface area contributed by atoms with Crippen LogP contribution in [0.15, 0.2) is 59.4 Å². The highest BCUT2D eigenvalue weighted by Crippen LogP contribution is 2.14. The number of fused-ring (bicyclic) bond motifs is 1. The molecule has 0 spiro atoms. The van der Waals surface area contributed by atoms with Gasteiger partial charge in [0.1, 0.15) is 0 Å². The molecule has 0 fully saturated rings. The minimum atomic E-state index is -0.749. The van der Waals surface area contributed by atoms with Crippen molar-refractivity contribution >= 4 is 22.6 Å². The molecule has 1 atom stereocenters. The predicted molar refractivity (Wildman–Crippen MR) is 105 cm³/mol. The van der Waals surface area contributed by atoms with E-state index in [0.29, 0.717) is 17.3 Å². The first-order valence-corrected chi connectivity index (χ1v) is 9.02. The summed E-state index contributed by atoms with van der Waals surface area (Å²) in [6.07, 6.45) is 0. The summed E-state index contributed by atoms with van der Waals surface area (Å²) in [5.41, 5.74) is 0.690. The van der Waals surface area contributed by atoms with E-state index in [-0.39, 0.29) is 17.3 Å². The molecule has 0 aliphatic heterocycles. The van der Waals surface area contributed by atoms with Crippen LogP contribution in [-0.2, 0) is 16.1 Å². The van der Waals surface area contributed by atoms with E-state index in [2.05, 4.69) is 10.4 Å². The molecule has 0 saturated carbocycles. The fourth-order valence-corrected chi connectivity index (χ4v) is 2.91. The van der Waals surface area contributed by atoms with Crippen molar-refractivity contribution in [2.24, 2.45) is 0 Å². The van der Waals surface area contributed by atoms with Gasteiger partial charge in [0.2, 0.25) is 0 Å². The highest BCUT2D eigenvalue weighted by atomic mass is 16.5. The number of amides is 1. The highest BCUT2D eigenvalue weighted by molar-refractivity contribution is 6.02. The van der Waals surface area contributed by atoms with Gasteiger partial charge in [-0.2, -0.15) is 5.10 Å². The Bertz CT molecular complexity index is 1060. The molecular formula is C21H21N3O4. The van der Waals surface area contributed by atoms with Crippen LogP contribution in [0.1, 0.15) is 35.9 Å². The third kappa shape index (κ3) is 4.09. The molecule has 0 saturated heterocycles. The number of ether oxygens (including phenoxy) is 1. The third-order valence-electron chi connectivity index (χ3n) is 4.37. The van der Waals surface area contributed by atoms with Crippen molar-refractivity contribution in [1.29, 1.82) is 0 Å². The van der Waals surface area contributed by atoms with E-state index in [1.54, 1.807) is 31.2 Å². The van der Waals surface area contributed by atoms with Crippen LogP contribution in [-0.4, -0.2) is 28.3 Å². The average molecular weight is 379 g/mol. The van der Waals surface area contributed by atoms with Crippen molar-refractivity contribution in [2.45, 2.75) is 26.4 Å². The molecule has 7 nitrogen and oxygen atoms in total. The number of hydrogen-bond acceptors (Lipinski definition) is 5. The molecule has 1 N–H and O–H groups in total. The molecule has 0 bridgehead atoms. The highest BCUT2D eigenvalue weighted by Gasteiger charge is 2.19. The summed E-state index contributed by atoms with van der Waals surface area (Å²) in [5.74, 6) is -1.17. The first kappa shape index (κ1) is 19.3. The molecule has 3 rings (SSSR count). The summed E-state index contributed by atoms with van der Waals surface area (Å²) < 4.78 is 6.35. The number of hydrogen-bond donors (Lipinski definition) is 1. The topological polar surface area (TPSA) is 90.3 Å². The van der Waals surface area contributed by atoms with Crippen molar-refractivity contribution < 1.29 is 14.3 Å². The lowest BCUT2D eigenvalue weighted by Gasteiger charge is -2.14. The second-order valence-electron chi connectivity index (χ2n) is 6.29. The molecule has 2 aromatic carbocycles. The zero-order valence-corrected chi connectivity index (χ0v) is 15.7. The van der Waals surface area contributed by atoms with Gasteiger partial charge >= 0.3 is 5.97 Å². The van der Waals surface area contributed by atoms with Gasteiger partial charge < -0.3 is 10.1 Å². The minimum Gasteiger partial charge on any atom is -0.451 e. The van der Waals surface area contributed by atoms with Crippen molar-refractivity contribution in [1.82, 2.24) is 15.1 Å². The number of aromatic nitrogens is 2. The molecular weight excluding hydrogens is 358 g/mol. The first-order chi connectivity index (χ1) is 13.5. The standard InChI is InChI=1S/C21H21N3O4/c1-3-24-20(26)17-12-8-7-11-16(17)19(23-24)21(27)28-13-18(25)22-14(2)15-9-5-4-6-10-15/h4-12,14H,3,13H2,1-2H3,(H,22,25)/t14-/m1/s1. The van der Waals surface area contributed by atoms with Gasteiger partial charge in [0.25, 0.3) is 11.5 Å². The summed E-state index contributed by atoms with van der Waals surface area (Å²) in [7, 11) is 0. The number of nitrogens with one attached hydrogen (secondary N) is 1. The van der Waals surface area contributed by atoms with Gasteiger partial charge in [-0.15, -0.1) is 0 Å². The third-order valence-corrected chi connectivity index (χ3v) is 4.37. The van der Waals surface area contributed by atoms with Crippen molar-refractivity contribution in [2.75, 3.05) is 6.61 Å². The maximum Gasteiger partial charge on any atom is 0.359 e. The van der Waals surface area contributed by atoms with E-state index in [4.69, 9.17) is 4.74 Å². The average Bonchev–Trinajstić information content (AvgIpc) is 2.73. The summed E-state index contributed by atoms with van der Waals surface area (Å²) in [5, 5.41) is 7.67. The normalized spacial score (nSPS) is 11.8. The van der Waals surface area contributed by atoms with E-state index in [1.807, 2.05) is 37.3 Å². The quantitative estimate of drug-likeness (QED) is 0.665. The van der Waals surface area contributed by atoms with Gasteiger partial charge in [-0.3, -0.25) is 9.59 Å². The summed E-state index contributed by atoms with van der Waals surface area (Å²) in [6, 6.07) is 16.0. The van der Waals surface area contributed by atoms with Crippen molar-refractivity contribution in [3.8, 4) is 0 Å². The maximum absolute atomic E-state index is 12.5. The van der Waals surface area contributed by atoms with Crippen LogP contribution in [0.5, 0.6) is 0 Å². The Kier molecular flexibility index (Phi) is 5.84. The Balaban J connectivity index is 1.72. The molecule has 1 amide bonds. The van der Waals surface area contributed by atoms with Gasteiger partial charge in [-0.1, -0.05) is 48.5 Å². The van der Waals surface area contributed by atoms with Crippen LogP contribution in [0.25, 0.3) is 10.8 Å². The van der Waals surface area contributed by atoms with Crippen molar-refractivity contribution in [3.63, 3.8) is 0 Å². The number of carbonyl (C=O) groups is 2. The van der Waals surface area contributed by atoms with E-state index in [0.717, 1.165) is 5.56 Å². The zero-order chi connectivity index (χ0) is 20.1. The number of nitrogens with zero attached hydrogens (tertiary/aromatic N) is 2. The van der Waals surface area contributed by atoms with E-state index < -0.39 is 18.5 Å². The van der Waals surface area contributed by atoms with E-state index in [1.165, 1.54) is 4.68 Å². The number of rotatable bonds is 6. The second kappa shape index (κ2) is 8.47. The van der Waals surface area contributed by atoms with Gasteiger partial charge in [-0.25, -0.2) is 9.48 Å². The molecule has 0 aliphatic carbocycles.